The van der Waals surface area contributed by atoms with Gasteiger partial charge in [0.05, 0.1) is 10.9 Å². The number of anilines is 1. The molecule has 4 heterocycles. The topological polar surface area (TPSA) is 45.4 Å². The first kappa shape index (κ1) is 16.7. The highest BCUT2D eigenvalue weighted by Gasteiger charge is 2.34. The zero-order chi connectivity index (χ0) is 18.8. The molecule has 0 bridgehead atoms. The number of benzene rings is 1. The van der Waals surface area contributed by atoms with Crippen LogP contribution in [0.25, 0.3) is 21.8 Å². The van der Waals surface area contributed by atoms with Gasteiger partial charge in [-0.15, -0.1) is 0 Å². The van der Waals surface area contributed by atoms with Crippen molar-refractivity contribution >= 4 is 27.6 Å². The summed E-state index contributed by atoms with van der Waals surface area (Å²) in [6.07, 6.45) is -1.14. The van der Waals surface area contributed by atoms with Crippen molar-refractivity contribution in [2.75, 3.05) is 31.1 Å². The number of nitrogens with zero attached hydrogens (tertiary/aromatic N) is 4. The van der Waals surface area contributed by atoms with E-state index in [2.05, 4.69) is 15.0 Å². The molecule has 3 aromatic rings. The van der Waals surface area contributed by atoms with Gasteiger partial charge >= 0.3 is 6.18 Å². The van der Waals surface area contributed by atoms with Gasteiger partial charge in [0.1, 0.15) is 17.6 Å². The SMILES string of the molecule is Fc1cc(C(F)(F)F)cc2c1nc(N1CCN3CCCC3C1)c1nocc12. The lowest BCUT2D eigenvalue weighted by atomic mass is 10.1. The van der Waals surface area contributed by atoms with E-state index in [1.54, 1.807) is 0 Å². The van der Waals surface area contributed by atoms with Crippen LogP contribution < -0.4 is 4.90 Å². The molecule has 2 aliphatic heterocycles. The number of aromatic nitrogens is 2. The van der Waals surface area contributed by atoms with E-state index in [-0.39, 0.29) is 10.9 Å². The molecule has 142 valence electrons. The maximum absolute atomic E-state index is 14.5. The monoisotopic (exact) mass is 380 g/mol. The molecule has 2 saturated heterocycles. The fourth-order valence-electron chi connectivity index (χ4n) is 4.23. The Bertz CT molecular complexity index is 1030. The summed E-state index contributed by atoms with van der Waals surface area (Å²) in [5.41, 5.74) is -0.778. The summed E-state index contributed by atoms with van der Waals surface area (Å²) in [6, 6.07) is 1.81. The van der Waals surface area contributed by atoms with Gasteiger partial charge in [0.25, 0.3) is 0 Å². The Morgan fingerprint density at radius 2 is 1.93 bits per heavy atom. The number of halogens is 4. The first-order valence-electron chi connectivity index (χ1n) is 8.85. The molecule has 0 saturated carbocycles. The molecule has 0 N–H and O–H groups in total. The number of hydrogen-bond acceptors (Lipinski definition) is 5. The van der Waals surface area contributed by atoms with Crippen molar-refractivity contribution in [1.82, 2.24) is 15.0 Å². The standard InChI is InChI=1S/C18H16F4N4O/c19-14-7-10(18(20,21)22)6-12-13-9-27-24-16(13)17(23-15(12)14)26-5-4-25-3-1-2-11(25)8-26/h6-7,9,11H,1-5,8H2. The minimum atomic E-state index is -4.64. The summed E-state index contributed by atoms with van der Waals surface area (Å²) < 4.78 is 58.8. The van der Waals surface area contributed by atoms with Gasteiger partial charge in [-0.05, 0) is 31.5 Å². The van der Waals surface area contributed by atoms with Crippen LogP contribution in [-0.2, 0) is 6.18 Å². The van der Waals surface area contributed by atoms with E-state index in [4.69, 9.17) is 4.52 Å². The predicted octanol–water partition coefficient (Wildman–Crippen LogP) is 3.82. The van der Waals surface area contributed by atoms with Crippen LogP contribution in [0.4, 0.5) is 23.4 Å². The Hall–Kier alpha value is -2.42. The van der Waals surface area contributed by atoms with Crippen LogP contribution in [0.1, 0.15) is 18.4 Å². The Morgan fingerprint density at radius 3 is 2.74 bits per heavy atom. The van der Waals surface area contributed by atoms with Crippen molar-refractivity contribution < 1.29 is 22.1 Å². The Morgan fingerprint density at radius 1 is 1.07 bits per heavy atom. The van der Waals surface area contributed by atoms with Gasteiger partial charge in [-0.25, -0.2) is 9.37 Å². The summed E-state index contributed by atoms with van der Waals surface area (Å²) in [4.78, 5) is 8.84. The zero-order valence-electron chi connectivity index (χ0n) is 14.3. The average molecular weight is 380 g/mol. The molecule has 0 amide bonds. The molecular formula is C18H16F4N4O. The zero-order valence-corrected chi connectivity index (χ0v) is 14.3. The highest BCUT2D eigenvalue weighted by Crippen LogP contribution is 2.37. The van der Waals surface area contributed by atoms with E-state index >= 15 is 0 Å². The lowest BCUT2D eigenvalue weighted by Crippen LogP contribution is -2.50. The molecule has 1 aromatic carbocycles. The number of pyridine rings is 1. The van der Waals surface area contributed by atoms with Crippen LogP contribution in [0.3, 0.4) is 0 Å². The van der Waals surface area contributed by atoms with E-state index in [0.29, 0.717) is 35.4 Å². The van der Waals surface area contributed by atoms with Gasteiger partial charge in [0.15, 0.2) is 11.3 Å². The molecule has 2 aromatic heterocycles. The normalized spacial score (nSPS) is 21.3. The third-order valence-electron chi connectivity index (χ3n) is 5.57. The average Bonchev–Trinajstić information content (AvgIpc) is 3.29. The molecule has 1 atom stereocenters. The number of piperazine rings is 1. The molecular weight excluding hydrogens is 364 g/mol. The molecule has 2 fully saturated rings. The number of hydrogen-bond donors (Lipinski definition) is 0. The summed E-state index contributed by atoms with van der Waals surface area (Å²) in [5.74, 6) is -0.528. The van der Waals surface area contributed by atoms with Crippen LogP contribution in [-0.4, -0.2) is 47.3 Å². The molecule has 2 aliphatic rings. The van der Waals surface area contributed by atoms with Crippen molar-refractivity contribution in [3.05, 3.63) is 29.8 Å². The molecule has 1 unspecified atom stereocenters. The van der Waals surface area contributed by atoms with Gasteiger partial charge in [-0.2, -0.15) is 13.2 Å². The fourth-order valence-corrected chi connectivity index (χ4v) is 4.23. The van der Waals surface area contributed by atoms with E-state index in [1.165, 1.54) is 6.26 Å². The molecule has 0 aliphatic carbocycles. The minimum absolute atomic E-state index is 0.0572. The maximum atomic E-state index is 14.5. The molecule has 5 rings (SSSR count). The van der Waals surface area contributed by atoms with E-state index in [9.17, 15) is 17.6 Å². The van der Waals surface area contributed by atoms with E-state index in [1.807, 2.05) is 4.90 Å². The summed E-state index contributed by atoms with van der Waals surface area (Å²) in [5, 5.41) is 4.35. The summed E-state index contributed by atoms with van der Waals surface area (Å²) in [6.45, 7) is 3.40. The van der Waals surface area contributed by atoms with Gasteiger partial charge in [-0.3, -0.25) is 4.90 Å². The lowest BCUT2D eigenvalue weighted by molar-refractivity contribution is -0.137. The Kier molecular flexibility index (Phi) is 3.59. The van der Waals surface area contributed by atoms with Gasteiger partial charge < -0.3 is 9.42 Å². The van der Waals surface area contributed by atoms with Crippen molar-refractivity contribution in [2.45, 2.75) is 25.1 Å². The lowest BCUT2D eigenvalue weighted by Gasteiger charge is -2.38. The maximum Gasteiger partial charge on any atom is 0.416 e. The number of fused-ring (bicyclic) bond motifs is 4. The summed E-state index contributed by atoms with van der Waals surface area (Å²) >= 11 is 0. The molecule has 0 radical (unpaired) electrons. The third kappa shape index (κ3) is 2.63. The van der Waals surface area contributed by atoms with Crippen molar-refractivity contribution in [3.63, 3.8) is 0 Å². The van der Waals surface area contributed by atoms with Crippen LogP contribution in [0.15, 0.2) is 22.9 Å². The smallest absolute Gasteiger partial charge is 0.363 e. The van der Waals surface area contributed by atoms with Crippen molar-refractivity contribution in [2.24, 2.45) is 0 Å². The van der Waals surface area contributed by atoms with Crippen LogP contribution in [0.5, 0.6) is 0 Å². The second-order valence-electron chi connectivity index (χ2n) is 7.14. The third-order valence-corrected chi connectivity index (χ3v) is 5.57. The first-order valence-corrected chi connectivity index (χ1v) is 8.85. The fraction of sp³-hybridized carbons (Fsp3) is 0.444. The van der Waals surface area contributed by atoms with Gasteiger partial charge in [0, 0.05) is 31.1 Å². The highest BCUT2D eigenvalue weighted by molar-refractivity contribution is 6.08. The van der Waals surface area contributed by atoms with Crippen molar-refractivity contribution in [1.29, 1.82) is 0 Å². The van der Waals surface area contributed by atoms with Crippen molar-refractivity contribution in [3.8, 4) is 0 Å². The predicted molar refractivity (Wildman–Crippen MR) is 91.1 cm³/mol. The van der Waals surface area contributed by atoms with Crippen LogP contribution in [0, 0.1) is 5.82 Å². The second-order valence-corrected chi connectivity index (χ2v) is 7.14. The molecule has 27 heavy (non-hydrogen) atoms. The Labute approximate surface area is 151 Å². The van der Waals surface area contributed by atoms with E-state index in [0.717, 1.165) is 38.5 Å². The molecule has 5 nitrogen and oxygen atoms in total. The van der Waals surface area contributed by atoms with Crippen LogP contribution >= 0.6 is 0 Å². The minimum Gasteiger partial charge on any atom is -0.363 e. The van der Waals surface area contributed by atoms with Gasteiger partial charge in [0.2, 0.25) is 0 Å². The summed E-state index contributed by atoms with van der Waals surface area (Å²) in [7, 11) is 0. The molecule has 0 spiro atoms. The van der Waals surface area contributed by atoms with Gasteiger partial charge in [-0.1, -0.05) is 5.16 Å². The Balaban J connectivity index is 1.67. The highest BCUT2D eigenvalue weighted by atomic mass is 19.4. The quantitative estimate of drug-likeness (QED) is 0.601. The molecule has 9 heteroatoms. The first-order chi connectivity index (χ1) is 12.9. The van der Waals surface area contributed by atoms with E-state index < -0.39 is 17.6 Å². The number of alkyl halides is 3. The van der Waals surface area contributed by atoms with Crippen LogP contribution in [0.2, 0.25) is 0 Å². The second kappa shape index (κ2) is 5.79. The number of rotatable bonds is 1. The largest absolute Gasteiger partial charge is 0.416 e.